The van der Waals surface area contributed by atoms with Gasteiger partial charge in [-0.3, -0.25) is 14.3 Å². The van der Waals surface area contributed by atoms with Gasteiger partial charge >= 0.3 is 6.18 Å². The highest BCUT2D eigenvalue weighted by atomic mass is 32.1. The van der Waals surface area contributed by atoms with Crippen LogP contribution >= 0.6 is 11.3 Å². The number of rotatable bonds is 3. The molecule has 9 heteroatoms. The number of hydrogen-bond donors (Lipinski definition) is 0. The van der Waals surface area contributed by atoms with Gasteiger partial charge in [0.2, 0.25) is 0 Å². The molecular weight excluding hydrogens is 377 g/mol. The van der Waals surface area contributed by atoms with Gasteiger partial charge in [0.1, 0.15) is 16.0 Å². The quantitative estimate of drug-likeness (QED) is 0.533. The Labute approximate surface area is 154 Å². The maximum absolute atomic E-state index is 12.9. The molecule has 1 aromatic carbocycles. The van der Waals surface area contributed by atoms with E-state index >= 15 is 0 Å². The number of alkyl halides is 3. The molecule has 0 atom stereocenters. The number of benzene rings is 1. The van der Waals surface area contributed by atoms with Crippen LogP contribution in [0.3, 0.4) is 0 Å². The molecule has 27 heavy (non-hydrogen) atoms. The Hall–Kier alpha value is -3.07. The van der Waals surface area contributed by atoms with Crippen LogP contribution in [0, 0.1) is 0 Å². The third-order valence-corrected chi connectivity index (χ3v) is 4.98. The summed E-state index contributed by atoms with van der Waals surface area (Å²) in [6.45, 7) is -0.00812. The Morgan fingerprint density at radius 2 is 2.00 bits per heavy atom. The van der Waals surface area contributed by atoms with E-state index in [4.69, 9.17) is 0 Å². The van der Waals surface area contributed by atoms with Gasteiger partial charge in [-0.25, -0.2) is 9.97 Å². The maximum atomic E-state index is 12.9. The second-order valence-corrected chi connectivity index (χ2v) is 6.79. The monoisotopic (exact) mass is 388 g/mol. The molecule has 0 aliphatic heterocycles. The number of halogens is 3. The number of thiazole rings is 1. The van der Waals surface area contributed by atoms with Crippen LogP contribution in [0.25, 0.3) is 20.9 Å². The average molecular weight is 388 g/mol. The fourth-order valence-corrected chi connectivity index (χ4v) is 3.57. The van der Waals surface area contributed by atoms with Gasteiger partial charge in [0.15, 0.2) is 5.65 Å². The number of pyridine rings is 1. The van der Waals surface area contributed by atoms with E-state index < -0.39 is 11.7 Å². The molecule has 0 aliphatic rings. The van der Waals surface area contributed by atoms with E-state index in [-0.39, 0.29) is 12.1 Å². The average Bonchev–Trinajstić information content (AvgIpc) is 3.10. The molecule has 0 fully saturated rings. The van der Waals surface area contributed by atoms with Crippen LogP contribution in [0.2, 0.25) is 0 Å². The van der Waals surface area contributed by atoms with E-state index in [0.717, 1.165) is 17.7 Å². The molecule has 0 spiro atoms. The van der Waals surface area contributed by atoms with Crippen LogP contribution in [0.15, 0.2) is 59.9 Å². The van der Waals surface area contributed by atoms with E-state index in [1.54, 1.807) is 24.5 Å². The van der Waals surface area contributed by atoms with Gasteiger partial charge in [-0.15, -0.1) is 11.3 Å². The van der Waals surface area contributed by atoms with Gasteiger partial charge in [-0.05, 0) is 29.8 Å². The summed E-state index contributed by atoms with van der Waals surface area (Å²) < 4.78 is 40.2. The Morgan fingerprint density at radius 3 is 2.74 bits per heavy atom. The molecule has 3 heterocycles. The van der Waals surface area contributed by atoms with Crippen molar-refractivity contribution in [3.8, 4) is 10.6 Å². The van der Waals surface area contributed by atoms with Crippen molar-refractivity contribution in [3.63, 3.8) is 0 Å². The standard InChI is InChI=1S/C18H11F3N4OS/c19-18(20,21)13-5-1-3-11(7-13)9-25-10-23-15-14(17(25)26)27-16(24-15)12-4-2-6-22-8-12/h1-8,10H,9H2. The molecule has 0 aliphatic carbocycles. The largest absolute Gasteiger partial charge is 0.416 e. The molecule has 0 radical (unpaired) electrons. The highest BCUT2D eigenvalue weighted by Crippen LogP contribution is 2.30. The normalized spacial score (nSPS) is 11.8. The first-order chi connectivity index (χ1) is 12.9. The summed E-state index contributed by atoms with van der Waals surface area (Å²) in [5.74, 6) is 0. The van der Waals surface area contributed by atoms with E-state index in [9.17, 15) is 18.0 Å². The molecule has 0 saturated carbocycles. The molecule has 0 bridgehead atoms. The van der Waals surface area contributed by atoms with Crippen molar-refractivity contribution in [2.45, 2.75) is 12.7 Å². The molecule has 0 amide bonds. The SMILES string of the molecule is O=c1c2sc(-c3cccnc3)nc2ncn1Cc1cccc(C(F)(F)F)c1. The fraction of sp³-hybridized carbons (Fsp3) is 0.111. The Kier molecular flexibility index (Phi) is 4.23. The van der Waals surface area contributed by atoms with Crippen molar-refractivity contribution in [3.05, 3.63) is 76.6 Å². The van der Waals surface area contributed by atoms with Crippen molar-refractivity contribution in [2.24, 2.45) is 0 Å². The summed E-state index contributed by atoms with van der Waals surface area (Å²) in [4.78, 5) is 25.3. The number of nitrogens with zero attached hydrogens (tertiary/aromatic N) is 4. The van der Waals surface area contributed by atoms with E-state index in [0.29, 0.717) is 20.9 Å². The van der Waals surface area contributed by atoms with Gasteiger partial charge in [0.25, 0.3) is 5.56 Å². The summed E-state index contributed by atoms with van der Waals surface area (Å²) in [6.07, 6.45) is 0.146. The Balaban J connectivity index is 1.72. The molecule has 4 rings (SSSR count). The first kappa shape index (κ1) is 17.3. The lowest BCUT2D eigenvalue weighted by Gasteiger charge is -2.09. The highest BCUT2D eigenvalue weighted by Gasteiger charge is 2.30. The van der Waals surface area contributed by atoms with E-state index in [2.05, 4.69) is 15.0 Å². The minimum atomic E-state index is -4.43. The van der Waals surface area contributed by atoms with Crippen LogP contribution in [-0.2, 0) is 12.7 Å². The highest BCUT2D eigenvalue weighted by molar-refractivity contribution is 7.21. The molecule has 136 valence electrons. The van der Waals surface area contributed by atoms with Crippen molar-refractivity contribution in [1.29, 1.82) is 0 Å². The minimum Gasteiger partial charge on any atom is -0.293 e. The lowest BCUT2D eigenvalue weighted by atomic mass is 10.1. The van der Waals surface area contributed by atoms with Crippen molar-refractivity contribution in [2.75, 3.05) is 0 Å². The second-order valence-electron chi connectivity index (χ2n) is 5.79. The Morgan fingerprint density at radius 1 is 1.15 bits per heavy atom. The third kappa shape index (κ3) is 3.45. The predicted molar refractivity (Wildman–Crippen MR) is 95.5 cm³/mol. The van der Waals surface area contributed by atoms with Crippen molar-refractivity contribution in [1.82, 2.24) is 19.5 Å². The molecule has 5 nitrogen and oxygen atoms in total. The lowest BCUT2D eigenvalue weighted by molar-refractivity contribution is -0.137. The molecule has 0 saturated heterocycles. The van der Waals surface area contributed by atoms with Gasteiger partial charge < -0.3 is 0 Å². The van der Waals surface area contributed by atoms with Gasteiger partial charge in [0, 0.05) is 18.0 Å². The number of hydrogen-bond acceptors (Lipinski definition) is 5. The van der Waals surface area contributed by atoms with Gasteiger partial charge in [-0.2, -0.15) is 13.2 Å². The van der Waals surface area contributed by atoms with Crippen LogP contribution in [0.5, 0.6) is 0 Å². The number of aromatic nitrogens is 4. The van der Waals surface area contributed by atoms with Crippen LogP contribution in [0.1, 0.15) is 11.1 Å². The summed E-state index contributed by atoms with van der Waals surface area (Å²) in [5.41, 5.74) is 0.349. The zero-order chi connectivity index (χ0) is 19.0. The zero-order valence-electron chi connectivity index (χ0n) is 13.6. The summed E-state index contributed by atoms with van der Waals surface area (Å²) in [6, 6.07) is 8.48. The topological polar surface area (TPSA) is 60.7 Å². The van der Waals surface area contributed by atoms with Crippen molar-refractivity contribution < 1.29 is 13.2 Å². The zero-order valence-corrected chi connectivity index (χ0v) is 14.5. The van der Waals surface area contributed by atoms with Crippen LogP contribution < -0.4 is 5.56 Å². The molecule has 3 aromatic heterocycles. The molecule has 4 aromatic rings. The summed E-state index contributed by atoms with van der Waals surface area (Å²) in [7, 11) is 0. The van der Waals surface area contributed by atoms with Gasteiger partial charge in [0.05, 0.1) is 12.1 Å². The van der Waals surface area contributed by atoms with Crippen LogP contribution in [0.4, 0.5) is 13.2 Å². The maximum Gasteiger partial charge on any atom is 0.416 e. The summed E-state index contributed by atoms with van der Waals surface area (Å²) in [5, 5.41) is 0.611. The second kappa shape index (κ2) is 6.58. The minimum absolute atomic E-state index is 0.00812. The van der Waals surface area contributed by atoms with E-state index in [1.165, 1.54) is 28.3 Å². The smallest absolute Gasteiger partial charge is 0.293 e. The van der Waals surface area contributed by atoms with Gasteiger partial charge in [-0.1, -0.05) is 12.1 Å². The first-order valence-electron chi connectivity index (χ1n) is 7.84. The summed E-state index contributed by atoms with van der Waals surface area (Å²) >= 11 is 1.18. The molecule has 0 N–H and O–H groups in total. The van der Waals surface area contributed by atoms with Crippen molar-refractivity contribution >= 4 is 21.7 Å². The van der Waals surface area contributed by atoms with E-state index in [1.807, 2.05) is 6.07 Å². The fourth-order valence-electron chi connectivity index (χ4n) is 2.61. The predicted octanol–water partition coefficient (Wildman–Crippen LogP) is 3.98. The van der Waals surface area contributed by atoms with Crippen LogP contribution in [-0.4, -0.2) is 19.5 Å². The lowest BCUT2D eigenvalue weighted by Crippen LogP contribution is -2.20. The first-order valence-corrected chi connectivity index (χ1v) is 8.66. The third-order valence-electron chi connectivity index (χ3n) is 3.90. The molecular formula is C18H11F3N4OS. The molecule has 0 unspecified atom stereocenters. The Bertz CT molecular complexity index is 1170. The number of fused-ring (bicyclic) bond motifs is 1.